The van der Waals surface area contributed by atoms with Gasteiger partial charge in [-0.1, -0.05) is 18.2 Å². The molecule has 2 aromatic carbocycles. The summed E-state index contributed by atoms with van der Waals surface area (Å²) in [6.07, 6.45) is 0. The second-order valence-corrected chi connectivity index (χ2v) is 3.91. The van der Waals surface area contributed by atoms with Crippen LogP contribution in [0.4, 0.5) is 0 Å². The van der Waals surface area contributed by atoms with Crippen molar-refractivity contribution in [2.75, 3.05) is 0 Å². The minimum atomic E-state index is -1.14. The van der Waals surface area contributed by atoms with Crippen LogP contribution in [-0.2, 0) is 0 Å². The first kappa shape index (κ1) is 17.2. The fraction of sp³-hybridized carbons (Fsp3) is 0. The minimum absolute atomic E-state index is 0. The van der Waals surface area contributed by atoms with Gasteiger partial charge in [-0.3, -0.25) is 4.79 Å². The predicted octanol–water partition coefficient (Wildman–Crippen LogP) is 1.08. The van der Waals surface area contributed by atoms with Gasteiger partial charge in [-0.05, 0) is 24.3 Å². The molecule has 0 aliphatic carbocycles. The first-order valence-electron chi connectivity index (χ1n) is 5.36. The maximum atomic E-state index is 12.3. The van der Waals surface area contributed by atoms with Gasteiger partial charge in [0.1, 0.15) is 11.2 Å². The van der Waals surface area contributed by atoms with E-state index in [0.717, 1.165) is 0 Å². The van der Waals surface area contributed by atoms with Crippen LogP contribution in [0, 0.1) is 0 Å². The monoisotopic (exact) mass is 290 g/mol. The Morgan fingerprint density at radius 2 is 1.65 bits per heavy atom. The molecule has 0 aliphatic heterocycles. The van der Waals surface area contributed by atoms with E-state index in [4.69, 9.17) is 9.52 Å². The molecule has 0 aliphatic rings. The number of carbonyl (C=O) groups is 1. The van der Waals surface area contributed by atoms with E-state index < -0.39 is 5.97 Å². The van der Waals surface area contributed by atoms with E-state index >= 15 is 0 Å². The molecule has 0 atom stereocenters. The van der Waals surface area contributed by atoms with Crippen molar-refractivity contribution in [3.05, 3.63) is 58.3 Å². The average molecular weight is 291 g/mol. The van der Waals surface area contributed by atoms with Gasteiger partial charge >= 0.3 is 58.6 Å². The molecular weight excluding hydrogens is 279 g/mol. The summed E-state index contributed by atoms with van der Waals surface area (Å²) in [5, 5.41) is 9.60. The summed E-state index contributed by atoms with van der Waals surface area (Å²) in [7, 11) is 0. The fourth-order valence-electron chi connectivity index (χ4n) is 2.02. The van der Waals surface area contributed by atoms with Gasteiger partial charge in [-0.25, -0.2) is 4.79 Å². The first-order chi connectivity index (χ1) is 8.68. The van der Waals surface area contributed by atoms with Crippen LogP contribution in [0.15, 0.2) is 51.7 Å². The standard InChI is InChI=1S/C14H8O4.Mg.Na.3H/c15-13-8-4-1-2-6-10(8)18-11-7-3-5-9(12(11)13)14(16)17;;;;;/h1-7H,(H,16,17);;;;;. The quantitative estimate of drug-likeness (QED) is 0.538. The maximum absolute atomic E-state index is 12.3. The molecular formula is C14H11MgNaO4. The molecule has 3 aromatic rings. The molecule has 1 aromatic heterocycles. The molecule has 0 spiro atoms. The normalized spacial score (nSPS) is 9.80. The Labute approximate surface area is 152 Å². The number of rotatable bonds is 1. The number of para-hydroxylation sites is 1. The summed E-state index contributed by atoms with van der Waals surface area (Å²) < 4.78 is 5.55. The van der Waals surface area contributed by atoms with Gasteiger partial charge in [0.25, 0.3) is 0 Å². The fourth-order valence-corrected chi connectivity index (χ4v) is 2.02. The van der Waals surface area contributed by atoms with E-state index in [2.05, 4.69) is 0 Å². The van der Waals surface area contributed by atoms with E-state index in [-0.39, 0.29) is 69.0 Å². The Kier molecular flexibility index (Phi) is 5.79. The van der Waals surface area contributed by atoms with Crippen LogP contribution in [-0.4, -0.2) is 63.7 Å². The van der Waals surface area contributed by atoms with Crippen LogP contribution < -0.4 is 5.43 Å². The van der Waals surface area contributed by atoms with Crippen molar-refractivity contribution in [1.29, 1.82) is 0 Å². The van der Waals surface area contributed by atoms with Gasteiger partial charge in [-0.15, -0.1) is 0 Å². The average Bonchev–Trinajstić information content (AvgIpc) is 2.38. The molecule has 0 radical (unpaired) electrons. The molecule has 0 fully saturated rings. The van der Waals surface area contributed by atoms with Gasteiger partial charge in [0.2, 0.25) is 5.43 Å². The number of hydrogen-bond acceptors (Lipinski definition) is 3. The van der Waals surface area contributed by atoms with E-state index in [1.54, 1.807) is 36.4 Å². The zero-order valence-corrected chi connectivity index (χ0v) is 9.21. The molecule has 20 heavy (non-hydrogen) atoms. The van der Waals surface area contributed by atoms with Crippen LogP contribution in [0.3, 0.4) is 0 Å². The number of aromatic carboxylic acids is 1. The summed E-state index contributed by atoms with van der Waals surface area (Å²) in [5.74, 6) is -1.14. The summed E-state index contributed by atoms with van der Waals surface area (Å²) in [6, 6.07) is 11.3. The Morgan fingerprint density at radius 3 is 2.35 bits per heavy atom. The van der Waals surface area contributed by atoms with Gasteiger partial charge in [0.05, 0.1) is 16.3 Å². The molecule has 94 valence electrons. The van der Waals surface area contributed by atoms with E-state index in [1.165, 1.54) is 6.07 Å². The number of hydrogen-bond donors (Lipinski definition) is 1. The second kappa shape index (κ2) is 6.73. The molecule has 0 unspecified atom stereocenters. The SMILES string of the molecule is O=C(O)c1cccc2oc3ccccc3c(=O)c12.[MgH2].[NaH]. The van der Waals surface area contributed by atoms with Crippen molar-refractivity contribution in [2.24, 2.45) is 0 Å². The van der Waals surface area contributed by atoms with Crippen LogP contribution in [0.2, 0.25) is 0 Å². The molecule has 1 heterocycles. The van der Waals surface area contributed by atoms with E-state index in [1.807, 2.05) is 0 Å². The molecule has 0 saturated carbocycles. The van der Waals surface area contributed by atoms with E-state index in [9.17, 15) is 9.59 Å². The zero-order chi connectivity index (χ0) is 12.7. The predicted molar refractivity (Wildman–Crippen MR) is 82.6 cm³/mol. The van der Waals surface area contributed by atoms with Crippen molar-refractivity contribution in [3.63, 3.8) is 0 Å². The van der Waals surface area contributed by atoms with Gasteiger partial charge in [-0.2, -0.15) is 0 Å². The molecule has 0 saturated heterocycles. The van der Waals surface area contributed by atoms with Crippen molar-refractivity contribution >= 4 is 80.5 Å². The Balaban J connectivity index is 0.000001000. The van der Waals surface area contributed by atoms with Crippen LogP contribution >= 0.6 is 0 Å². The molecule has 4 nitrogen and oxygen atoms in total. The van der Waals surface area contributed by atoms with Gasteiger partial charge in [0.15, 0.2) is 0 Å². The first-order valence-corrected chi connectivity index (χ1v) is 5.36. The summed E-state index contributed by atoms with van der Waals surface area (Å²) in [4.78, 5) is 23.4. The van der Waals surface area contributed by atoms with Crippen molar-refractivity contribution in [2.45, 2.75) is 0 Å². The zero-order valence-electron chi connectivity index (χ0n) is 9.21. The molecule has 0 amide bonds. The second-order valence-electron chi connectivity index (χ2n) is 3.91. The third-order valence-electron chi connectivity index (χ3n) is 2.84. The van der Waals surface area contributed by atoms with Crippen LogP contribution in [0.1, 0.15) is 10.4 Å². The summed E-state index contributed by atoms with van der Waals surface area (Å²) in [5.41, 5.74) is 0.396. The van der Waals surface area contributed by atoms with Crippen LogP contribution in [0.25, 0.3) is 21.9 Å². The Bertz CT molecular complexity index is 841. The number of carboxylic acids is 1. The third-order valence-corrected chi connectivity index (χ3v) is 2.84. The number of carboxylic acid groups (broad SMARTS) is 1. The van der Waals surface area contributed by atoms with Crippen molar-refractivity contribution in [1.82, 2.24) is 0 Å². The van der Waals surface area contributed by atoms with Crippen LogP contribution in [0.5, 0.6) is 0 Å². The molecule has 3 rings (SSSR count). The van der Waals surface area contributed by atoms with Gasteiger partial charge < -0.3 is 9.52 Å². The molecule has 6 heteroatoms. The molecule has 1 N–H and O–H groups in total. The topological polar surface area (TPSA) is 67.5 Å². The Hall–Kier alpha value is -0.854. The Morgan fingerprint density at radius 1 is 1.00 bits per heavy atom. The van der Waals surface area contributed by atoms with Crippen molar-refractivity contribution < 1.29 is 14.3 Å². The van der Waals surface area contributed by atoms with E-state index in [0.29, 0.717) is 16.6 Å². The third kappa shape index (κ3) is 2.77. The summed E-state index contributed by atoms with van der Waals surface area (Å²) in [6.45, 7) is 0. The molecule has 0 bridgehead atoms. The van der Waals surface area contributed by atoms with Crippen molar-refractivity contribution in [3.8, 4) is 0 Å². The number of fused-ring (bicyclic) bond motifs is 2. The summed E-state index contributed by atoms with van der Waals surface area (Å²) >= 11 is 0. The van der Waals surface area contributed by atoms with Gasteiger partial charge in [0, 0.05) is 0 Å². The number of benzene rings is 2.